The van der Waals surface area contributed by atoms with Gasteiger partial charge in [-0.3, -0.25) is 4.79 Å². The van der Waals surface area contributed by atoms with Crippen LogP contribution in [0.3, 0.4) is 0 Å². The van der Waals surface area contributed by atoms with Crippen molar-refractivity contribution in [3.05, 3.63) is 83.4 Å². The Morgan fingerprint density at radius 2 is 1.54 bits per heavy atom. The zero-order chi connectivity index (χ0) is 17.1. The van der Waals surface area contributed by atoms with E-state index in [0.717, 1.165) is 16.3 Å². The monoisotopic (exact) mass is 318 g/mol. The maximum Gasteiger partial charge on any atom is 0.339 e. The highest BCUT2D eigenvalue weighted by Gasteiger charge is 2.21. The second-order valence-electron chi connectivity index (χ2n) is 5.80. The van der Waals surface area contributed by atoms with E-state index < -0.39 is 12.1 Å². The molecule has 0 bridgehead atoms. The topological polar surface area (TPSA) is 43.4 Å². The van der Waals surface area contributed by atoms with Crippen molar-refractivity contribution in [3.63, 3.8) is 0 Å². The molecule has 3 nitrogen and oxygen atoms in total. The van der Waals surface area contributed by atoms with Gasteiger partial charge in [-0.15, -0.1) is 0 Å². The van der Waals surface area contributed by atoms with E-state index in [1.807, 2.05) is 55.5 Å². The smallest absolute Gasteiger partial charge is 0.339 e. The lowest BCUT2D eigenvalue weighted by molar-refractivity contribution is 0.0321. The summed E-state index contributed by atoms with van der Waals surface area (Å²) in [5.41, 5.74) is 2.09. The molecular formula is C21H18O3. The van der Waals surface area contributed by atoms with Gasteiger partial charge in [0.15, 0.2) is 6.10 Å². The first-order chi connectivity index (χ1) is 11.6. The highest BCUT2D eigenvalue weighted by Crippen LogP contribution is 2.20. The maximum absolute atomic E-state index is 12.5. The lowest BCUT2D eigenvalue weighted by Gasteiger charge is -2.13. The predicted octanol–water partition coefficient (Wildman–Crippen LogP) is 4.58. The van der Waals surface area contributed by atoms with Crippen LogP contribution in [0, 0.1) is 6.92 Å². The predicted molar refractivity (Wildman–Crippen MR) is 94.3 cm³/mol. The van der Waals surface area contributed by atoms with Crippen molar-refractivity contribution in [2.75, 3.05) is 0 Å². The van der Waals surface area contributed by atoms with Crippen LogP contribution in [0.15, 0.2) is 66.7 Å². The molecule has 0 amide bonds. The molecule has 1 atom stereocenters. The van der Waals surface area contributed by atoms with Gasteiger partial charge in [0.05, 0.1) is 5.56 Å². The number of carbonyl (C=O) groups excluding carboxylic acids is 2. The molecule has 0 fully saturated rings. The zero-order valence-corrected chi connectivity index (χ0v) is 13.7. The Balaban J connectivity index is 1.80. The van der Waals surface area contributed by atoms with E-state index in [0.29, 0.717) is 11.1 Å². The van der Waals surface area contributed by atoms with Gasteiger partial charge in [0.2, 0.25) is 5.78 Å². The molecule has 0 aliphatic rings. The second kappa shape index (κ2) is 6.67. The molecule has 24 heavy (non-hydrogen) atoms. The number of benzene rings is 3. The summed E-state index contributed by atoms with van der Waals surface area (Å²) in [6.07, 6.45) is -0.834. The molecule has 120 valence electrons. The first kappa shape index (κ1) is 15.9. The van der Waals surface area contributed by atoms with E-state index in [1.54, 1.807) is 25.1 Å². The summed E-state index contributed by atoms with van der Waals surface area (Å²) in [4.78, 5) is 24.9. The Bertz CT molecular complexity index is 889. The summed E-state index contributed by atoms with van der Waals surface area (Å²) >= 11 is 0. The van der Waals surface area contributed by atoms with Crippen molar-refractivity contribution in [3.8, 4) is 0 Å². The molecule has 0 saturated heterocycles. The average Bonchev–Trinajstić information content (AvgIpc) is 2.61. The molecule has 0 aliphatic heterocycles. The van der Waals surface area contributed by atoms with Crippen LogP contribution in [0.5, 0.6) is 0 Å². The molecule has 0 unspecified atom stereocenters. The SMILES string of the molecule is Cc1ccc(C(=O)[C@@H](C)OC(=O)c2cccc3ccccc23)cc1. The van der Waals surface area contributed by atoms with Crippen LogP contribution < -0.4 is 0 Å². The first-order valence-electron chi connectivity index (χ1n) is 7.86. The summed E-state index contributed by atoms with van der Waals surface area (Å²) in [5.74, 6) is -0.691. The number of esters is 1. The van der Waals surface area contributed by atoms with Gasteiger partial charge in [-0.1, -0.05) is 66.2 Å². The lowest BCUT2D eigenvalue weighted by atomic mass is 10.0. The fourth-order valence-corrected chi connectivity index (χ4v) is 2.63. The number of ether oxygens (including phenoxy) is 1. The number of Topliss-reactive ketones (excluding diaryl/α,β-unsaturated/α-hetero) is 1. The normalized spacial score (nSPS) is 11.9. The minimum atomic E-state index is -0.834. The lowest BCUT2D eigenvalue weighted by Crippen LogP contribution is -2.24. The van der Waals surface area contributed by atoms with E-state index in [2.05, 4.69) is 0 Å². The maximum atomic E-state index is 12.5. The van der Waals surface area contributed by atoms with Gasteiger partial charge in [0.1, 0.15) is 0 Å². The van der Waals surface area contributed by atoms with E-state index in [-0.39, 0.29) is 5.78 Å². The number of fused-ring (bicyclic) bond motifs is 1. The summed E-state index contributed by atoms with van der Waals surface area (Å²) in [7, 11) is 0. The van der Waals surface area contributed by atoms with Crippen molar-refractivity contribution in [2.24, 2.45) is 0 Å². The van der Waals surface area contributed by atoms with Crippen LogP contribution in [-0.4, -0.2) is 17.9 Å². The third-order valence-corrected chi connectivity index (χ3v) is 4.00. The third kappa shape index (κ3) is 3.20. The average molecular weight is 318 g/mol. The zero-order valence-electron chi connectivity index (χ0n) is 13.7. The Labute approximate surface area is 140 Å². The Kier molecular flexibility index (Phi) is 4.43. The number of carbonyl (C=O) groups is 2. The number of rotatable bonds is 4. The molecular weight excluding hydrogens is 300 g/mol. The van der Waals surface area contributed by atoms with Gasteiger partial charge in [-0.2, -0.15) is 0 Å². The van der Waals surface area contributed by atoms with Gasteiger partial charge < -0.3 is 4.74 Å². The summed E-state index contributed by atoms with van der Waals surface area (Å²) in [5, 5.41) is 1.78. The quantitative estimate of drug-likeness (QED) is 0.522. The minimum absolute atomic E-state index is 0.205. The molecule has 0 spiro atoms. The molecule has 0 saturated carbocycles. The molecule has 0 aliphatic carbocycles. The van der Waals surface area contributed by atoms with Gasteiger partial charge >= 0.3 is 5.97 Å². The summed E-state index contributed by atoms with van der Waals surface area (Å²) in [6.45, 7) is 3.56. The van der Waals surface area contributed by atoms with Crippen LogP contribution in [0.4, 0.5) is 0 Å². The van der Waals surface area contributed by atoms with Crippen molar-refractivity contribution < 1.29 is 14.3 Å². The summed E-state index contributed by atoms with van der Waals surface area (Å²) in [6, 6.07) is 20.3. The number of aryl methyl sites for hydroxylation is 1. The molecule has 3 aromatic rings. The van der Waals surface area contributed by atoms with Crippen LogP contribution in [0.25, 0.3) is 10.8 Å². The third-order valence-electron chi connectivity index (χ3n) is 4.00. The van der Waals surface area contributed by atoms with E-state index in [4.69, 9.17) is 4.74 Å². The van der Waals surface area contributed by atoms with Crippen molar-refractivity contribution in [1.29, 1.82) is 0 Å². The number of hydrogen-bond donors (Lipinski definition) is 0. The highest BCUT2D eigenvalue weighted by molar-refractivity contribution is 6.06. The summed E-state index contributed by atoms with van der Waals surface area (Å²) < 4.78 is 5.40. The van der Waals surface area contributed by atoms with Crippen LogP contribution in [0.2, 0.25) is 0 Å². The van der Waals surface area contributed by atoms with Gasteiger partial charge in [-0.05, 0) is 30.7 Å². The van der Waals surface area contributed by atoms with Crippen molar-refractivity contribution >= 4 is 22.5 Å². The fraction of sp³-hybridized carbons (Fsp3) is 0.143. The molecule has 3 rings (SSSR count). The largest absolute Gasteiger partial charge is 0.451 e. The number of ketones is 1. The van der Waals surface area contributed by atoms with Crippen LogP contribution >= 0.6 is 0 Å². The van der Waals surface area contributed by atoms with E-state index in [9.17, 15) is 9.59 Å². The second-order valence-corrected chi connectivity index (χ2v) is 5.80. The van der Waals surface area contributed by atoms with Gasteiger partial charge in [-0.25, -0.2) is 4.79 Å². The minimum Gasteiger partial charge on any atom is -0.451 e. The molecule has 0 heterocycles. The van der Waals surface area contributed by atoms with Crippen molar-refractivity contribution in [2.45, 2.75) is 20.0 Å². The standard InChI is InChI=1S/C21H18O3/c1-14-10-12-17(13-11-14)20(22)15(2)24-21(23)19-9-5-7-16-6-3-4-8-18(16)19/h3-13,15H,1-2H3/t15-/m1/s1. The van der Waals surface area contributed by atoms with Gasteiger partial charge in [0, 0.05) is 5.56 Å². The Morgan fingerprint density at radius 3 is 2.29 bits per heavy atom. The molecule has 3 heteroatoms. The van der Waals surface area contributed by atoms with Crippen LogP contribution in [0.1, 0.15) is 33.2 Å². The van der Waals surface area contributed by atoms with Crippen LogP contribution in [-0.2, 0) is 4.74 Å². The molecule has 3 aromatic carbocycles. The fourth-order valence-electron chi connectivity index (χ4n) is 2.63. The first-order valence-corrected chi connectivity index (χ1v) is 7.86. The Hall–Kier alpha value is -2.94. The van der Waals surface area contributed by atoms with E-state index in [1.165, 1.54) is 0 Å². The highest BCUT2D eigenvalue weighted by atomic mass is 16.5. The molecule has 0 radical (unpaired) electrons. The number of hydrogen-bond acceptors (Lipinski definition) is 3. The van der Waals surface area contributed by atoms with E-state index >= 15 is 0 Å². The molecule has 0 aromatic heterocycles. The molecule has 0 N–H and O–H groups in total. The van der Waals surface area contributed by atoms with Gasteiger partial charge in [0.25, 0.3) is 0 Å². The Morgan fingerprint density at radius 1 is 0.875 bits per heavy atom. The van der Waals surface area contributed by atoms with Crippen molar-refractivity contribution in [1.82, 2.24) is 0 Å².